The minimum Gasteiger partial charge on any atom is -0.422 e. The van der Waals surface area contributed by atoms with Gasteiger partial charge < -0.3 is 4.42 Å². The van der Waals surface area contributed by atoms with Gasteiger partial charge >= 0.3 is 11.8 Å². The van der Waals surface area contributed by atoms with Crippen molar-refractivity contribution >= 4 is 11.0 Å². The Morgan fingerprint density at radius 2 is 1.74 bits per heavy atom. The third kappa shape index (κ3) is 2.86. The normalized spacial score (nSPS) is 11.8. The molecule has 0 aliphatic carbocycles. The van der Waals surface area contributed by atoms with Gasteiger partial charge in [0.05, 0.1) is 11.1 Å². The minimum atomic E-state index is -4.54. The highest BCUT2D eigenvalue weighted by Gasteiger charge is 2.34. The molecule has 0 atom stereocenters. The largest absolute Gasteiger partial charge is 0.422 e. The molecule has 3 aromatic rings. The van der Waals surface area contributed by atoms with Crippen LogP contribution in [0.15, 0.2) is 57.7 Å². The number of hydrogen-bond donors (Lipinski definition) is 0. The van der Waals surface area contributed by atoms with Gasteiger partial charge in [-0.2, -0.15) is 13.2 Å². The topological polar surface area (TPSA) is 30.2 Å². The summed E-state index contributed by atoms with van der Waals surface area (Å²) in [5, 5.41) is 0.591. The molecule has 0 saturated heterocycles. The summed E-state index contributed by atoms with van der Waals surface area (Å²) in [6, 6.07) is 11.8. The highest BCUT2D eigenvalue weighted by molar-refractivity contribution is 5.83. The fraction of sp³-hybridized carbons (Fsp3) is 0.167. The van der Waals surface area contributed by atoms with Crippen LogP contribution in [0.3, 0.4) is 0 Å². The first-order chi connectivity index (χ1) is 10.9. The van der Waals surface area contributed by atoms with E-state index >= 15 is 0 Å². The van der Waals surface area contributed by atoms with Crippen molar-refractivity contribution in [3.63, 3.8) is 0 Å². The lowest BCUT2D eigenvalue weighted by Gasteiger charge is -2.12. The van der Waals surface area contributed by atoms with E-state index in [1.807, 2.05) is 13.0 Å². The molecule has 1 heterocycles. The summed E-state index contributed by atoms with van der Waals surface area (Å²) in [5.41, 5.74) is -0.518. The van der Waals surface area contributed by atoms with E-state index < -0.39 is 17.4 Å². The van der Waals surface area contributed by atoms with Crippen LogP contribution < -0.4 is 5.63 Å². The third-order valence-electron chi connectivity index (χ3n) is 3.73. The predicted molar refractivity (Wildman–Crippen MR) is 82.3 cm³/mol. The molecule has 1 aromatic heterocycles. The van der Waals surface area contributed by atoms with Gasteiger partial charge in [0.2, 0.25) is 0 Å². The fourth-order valence-electron chi connectivity index (χ4n) is 2.53. The smallest absolute Gasteiger partial charge is 0.417 e. The summed E-state index contributed by atoms with van der Waals surface area (Å²) in [7, 11) is 0. The molecule has 118 valence electrons. The van der Waals surface area contributed by atoms with Gasteiger partial charge in [0, 0.05) is 10.9 Å². The molecule has 0 spiro atoms. The molecule has 3 rings (SSSR count). The Morgan fingerprint density at radius 3 is 2.43 bits per heavy atom. The van der Waals surface area contributed by atoms with Crippen molar-refractivity contribution in [2.75, 3.05) is 0 Å². The van der Waals surface area contributed by atoms with Gasteiger partial charge in [-0.15, -0.1) is 0 Å². The molecule has 0 unspecified atom stereocenters. The average molecular weight is 318 g/mol. The van der Waals surface area contributed by atoms with Gasteiger partial charge in [0.15, 0.2) is 0 Å². The second-order valence-electron chi connectivity index (χ2n) is 5.22. The highest BCUT2D eigenvalue weighted by Crippen LogP contribution is 2.36. The molecule has 2 nitrogen and oxygen atoms in total. The average Bonchev–Trinajstić information content (AvgIpc) is 2.53. The van der Waals surface area contributed by atoms with Crippen molar-refractivity contribution in [1.82, 2.24) is 0 Å². The number of alkyl halides is 3. The first-order valence-corrected chi connectivity index (χ1v) is 7.13. The molecule has 0 aliphatic heterocycles. The first kappa shape index (κ1) is 15.3. The SMILES string of the molecule is CCc1ccc2cc(-c3ccccc3C(F)(F)F)c(=O)oc2c1. The summed E-state index contributed by atoms with van der Waals surface area (Å²) < 4.78 is 44.7. The van der Waals surface area contributed by atoms with Crippen molar-refractivity contribution in [3.8, 4) is 11.1 Å². The maximum Gasteiger partial charge on any atom is 0.417 e. The molecule has 0 radical (unpaired) electrons. The van der Waals surface area contributed by atoms with Crippen LogP contribution in [0, 0.1) is 0 Å². The molecule has 0 N–H and O–H groups in total. The predicted octanol–water partition coefficient (Wildman–Crippen LogP) is 5.04. The lowest BCUT2D eigenvalue weighted by Crippen LogP contribution is -2.11. The molecule has 0 aliphatic rings. The van der Waals surface area contributed by atoms with E-state index in [0.29, 0.717) is 11.0 Å². The van der Waals surface area contributed by atoms with Gasteiger partial charge in [0.25, 0.3) is 0 Å². The minimum absolute atomic E-state index is 0.0883. The summed E-state index contributed by atoms with van der Waals surface area (Å²) >= 11 is 0. The number of rotatable bonds is 2. The van der Waals surface area contributed by atoms with E-state index in [4.69, 9.17) is 4.42 Å². The van der Waals surface area contributed by atoms with Crippen LogP contribution in [0.5, 0.6) is 0 Å². The van der Waals surface area contributed by atoms with Gasteiger partial charge in [-0.25, -0.2) is 4.79 Å². The van der Waals surface area contributed by atoms with Gasteiger partial charge in [-0.1, -0.05) is 37.3 Å². The van der Waals surface area contributed by atoms with Crippen molar-refractivity contribution in [2.45, 2.75) is 19.5 Å². The summed E-state index contributed by atoms with van der Waals surface area (Å²) in [6.45, 7) is 1.97. The number of halogens is 3. The van der Waals surface area contributed by atoms with Crippen molar-refractivity contribution in [2.24, 2.45) is 0 Å². The van der Waals surface area contributed by atoms with E-state index in [9.17, 15) is 18.0 Å². The molecule has 2 aromatic carbocycles. The number of hydrogen-bond acceptors (Lipinski definition) is 2. The first-order valence-electron chi connectivity index (χ1n) is 7.13. The molecule has 0 saturated carbocycles. The second kappa shape index (κ2) is 5.57. The Hall–Kier alpha value is -2.56. The van der Waals surface area contributed by atoms with Crippen molar-refractivity contribution in [1.29, 1.82) is 0 Å². The maximum absolute atomic E-state index is 13.1. The molecule has 0 fully saturated rings. The highest BCUT2D eigenvalue weighted by atomic mass is 19.4. The third-order valence-corrected chi connectivity index (χ3v) is 3.73. The monoisotopic (exact) mass is 318 g/mol. The Kier molecular flexibility index (Phi) is 3.72. The summed E-state index contributed by atoms with van der Waals surface area (Å²) in [6.07, 6.45) is -3.76. The van der Waals surface area contributed by atoms with Gasteiger partial charge in [-0.05, 0) is 30.2 Å². The van der Waals surface area contributed by atoms with Crippen molar-refractivity contribution in [3.05, 3.63) is 70.1 Å². The Labute approximate surface area is 130 Å². The Bertz CT molecular complexity index is 923. The molecule has 0 amide bonds. The molecule has 23 heavy (non-hydrogen) atoms. The van der Waals surface area contributed by atoms with Crippen LogP contribution in [-0.2, 0) is 12.6 Å². The number of benzene rings is 2. The summed E-state index contributed by atoms with van der Waals surface area (Å²) in [5.74, 6) is 0. The lowest BCUT2D eigenvalue weighted by atomic mass is 9.99. The van der Waals surface area contributed by atoms with E-state index in [1.54, 1.807) is 12.1 Å². The fourth-order valence-corrected chi connectivity index (χ4v) is 2.53. The quantitative estimate of drug-likeness (QED) is 0.620. The van der Waals surface area contributed by atoms with E-state index in [1.165, 1.54) is 24.3 Å². The number of aryl methyl sites for hydroxylation is 1. The van der Waals surface area contributed by atoms with E-state index in [-0.39, 0.29) is 11.1 Å². The standard InChI is InChI=1S/C18H13F3O2/c1-2-11-7-8-12-10-14(17(22)23-16(12)9-11)13-5-3-4-6-15(13)18(19,20)21/h3-10H,2H2,1H3. The second-order valence-corrected chi connectivity index (χ2v) is 5.22. The Morgan fingerprint density at radius 1 is 1.00 bits per heavy atom. The summed E-state index contributed by atoms with van der Waals surface area (Å²) in [4.78, 5) is 12.2. The molecule has 0 bridgehead atoms. The van der Waals surface area contributed by atoms with Gasteiger partial charge in [0.1, 0.15) is 5.58 Å². The number of fused-ring (bicyclic) bond motifs is 1. The van der Waals surface area contributed by atoms with Crippen molar-refractivity contribution < 1.29 is 17.6 Å². The van der Waals surface area contributed by atoms with E-state index in [0.717, 1.165) is 18.1 Å². The van der Waals surface area contributed by atoms with Crippen LogP contribution in [0.25, 0.3) is 22.1 Å². The van der Waals surface area contributed by atoms with E-state index in [2.05, 4.69) is 0 Å². The molecular weight excluding hydrogens is 305 g/mol. The molecular formula is C18H13F3O2. The van der Waals surface area contributed by atoms with Crippen LogP contribution in [0.2, 0.25) is 0 Å². The van der Waals surface area contributed by atoms with Crippen LogP contribution in [-0.4, -0.2) is 0 Å². The maximum atomic E-state index is 13.1. The zero-order valence-corrected chi connectivity index (χ0v) is 12.3. The van der Waals surface area contributed by atoms with Crippen LogP contribution in [0.1, 0.15) is 18.1 Å². The van der Waals surface area contributed by atoms with Crippen LogP contribution in [0.4, 0.5) is 13.2 Å². The van der Waals surface area contributed by atoms with Gasteiger partial charge in [-0.3, -0.25) is 0 Å². The zero-order valence-electron chi connectivity index (χ0n) is 12.3. The van der Waals surface area contributed by atoms with Crippen LogP contribution >= 0.6 is 0 Å². The Balaban J connectivity index is 2.26. The molecule has 5 heteroatoms. The zero-order chi connectivity index (χ0) is 16.6. The lowest BCUT2D eigenvalue weighted by molar-refractivity contribution is -0.137.